The van der Waals surface area contributed by atoms with E-state index in [9.17, 15) is 9.59 Å². The van der Waals surface area contributed by atoms with E-state index in [1.165, 1.54) is 0 Å². The zero-order valence-electron chi connectivity index (χ0n) is 12.2. The lowest BCUT2D eigenvalue weighted by Crippen LogP contribution is -2.28. The Kier molecular flexibility index (Phi) is 8.28. The van der Waals surface area contributed by atoms with Crippen molar-refractivity contribution in [1.82, 2.24) is 10.6 Å². The molecule has 0 atom stereocenters. The summed E-state index contributed by atoms with van der Waals surface area (Å²) in [4.78, 5) is 22.6. The first-order chi connectivity index (χ1) is 10.1. The molecular weight excluding hydrogens is 292 g/mol. The van der Waals surface area contributed by atoms with E-state index >= 15 is 0 Å². The van der Waals surface area contributed by atoms with Gasteiger partial charge in [-0.05, 0) is 37.5 Å². The maximum absolute atomic E-state index is 11.6. The van der Waals surface area contributed by atoms with Crippen molar-refractivity contribution in [3.8, 4) is 0 Å². The van der Waals surface area contributed by atoms with Crippen LogP contribution in [0.2, 0.25) is 5.02 Å². The molecule has 0 aromatic heterocycles. The van der Waals surface area contributed by atoms with Gasteiger partial charge in [0.15, 0.2) is 0 Å². The molecule has 0 aliphatic rings. The van der Waals surface area contributed by atoms with Crippen LogP contribution in [-0.2, 0) is 16.0 Å². The minimum atomic E-state index is -0.444. The summed E-state index contributed by atoms with van der Waals surface area (Å²) >= 11 is 5.80. The molecule has 2 N–H and O–H groups in total. The van der Waals surface area contributed by atoms with Crippen LogP contribution in [0.3, 0.4) is 0 Å². The van der Waals surface area contributed by atoms with Crippen molar-refractivity contribution in [2.24, 2.45) is 0 Å². The van der Waals surface area contributed by atoms with Gasteiger partial charge in [-0.2, -0.15) is 0 Å². The first-order valence-electron chi connectivity index (χ1n) is 7.03. The Hall–Kier alpha value is -1.75. The lowest BCUT2D eigenvalue weighted by Gasteiger charge is -2.07. The quantitative estimate of drug-likeness (QED) is 0.725. The standard InChI is InChI=1S/C15H21ClN2O3/c1-2-21-15(20)18-10-3-4-14(19)17-11-9-12-5-7-13(16)8-6-12/h5-8H,2-4,9-11H2,1H3,(H,17,19)(H,18,20). The minimum Gasteiger partial charge on any atom is -0.450 e. The number of hydrogen-bond acceptors (Lipinski definition) is 3. The highest BCUT2D eigenvalue weighted by Crippen LogP contribution is 2.09. The zero-order valence-corrected chi connectivity index (χ0v) is 12.9. The molecule has 0 aliphatic carbocycles. The molecule has 0 spiro atoms. The molecule has 0 bridgehead atoms. The third-order valence-corrected chi connectivity index (χ3v) is 3.03. The van der Waals surface area contributed by atoms with Crippen molar-refractivity contribution in [2.45, 2.75) is 26.2 Å². The van der Waals surface area contributed by atoms with Crippen molar-refractivity contribution in [3.05, 3.63) is 34.9 Å². The first kappa shape index (κ1) is 17.3. The molecular formula is C15H21ClN2O3. The zero-order chi connectivity index (χ0) is 15.5. The van der Waals surface area contributed by atoms with Crippen molar-refractivity contribution in [3.63, 3.8) is 0 Å². The van der Waals surface area contributed by atoms with Crippen LogP contribution >= 0.6 is 11.6 Å². The number of ether oxygens (including phenoxy) is 1. The van der Waals surface area contributed by atoms with E-state index in [0.29, 0.717) is 37.6 Å². The van der Waals surface area contributed by atoms with Gasteiger partial charge in [-0.3, -0.25) is 4.79 Å². The van der Waals surface area contributed by atoms with Crippen LogP contribution < -0.4 is 10.6 Å². The highest BCUT2D eigenvalue weighted by atomic mass is 35.5. The van der Waals surface area contributed by atoms with Gasteiger partial charge in [0.1, 0.15) is 0 Å². The summed E-state index contributed by atoms with van der Waals surface area (Å²) in [6, 6.07) is 7.55. The number of hydrogen-bond donors (Lipinski definition) is 2. The molecule has 1 rings (SSSR count). The van der Waals surface area contributed by atoms with Gasteiger partial charge in [0.05, 0.1) is 6.61 Å². The topological polar surface area (TPSA) is 67.4 Å². The molecule has 0 fully saturated rings. The molecule has 0 radical (unpaired) electrons. The maximum atomic E-state index is 11.6. The molecule has 1 aromatic rings. The number of carbonyl (C=O) groups is 2. The van der Waals surface area contributed by atoms with E-state index in [2.05, 4.69) is 10.6 Å². The Balaban J connectivity index is 2.06. The third-order valence-electron chi connectivity index (χ3n) is 2.77. The van der Waals surface area contributed by atoms with Crippen LogP contribution in [0.5, 0.6) is 0 Å². The molecule has 116 valence electrons. The fourth-order valence-electron chi connectivity index (χ4n) is 1.71. The van der Waals surface area contributed by atoms with Crippen LogP contribution in [-0.4, -0.2) is 31.7 Å². The van der Waals surface area contributed by atoms with Crippen molar-refractivity contribution >= 4 is 23.6 Å². The SMILES string of the molecule is CCOC(=O)NCCCC(=O)NCCc1ccc(Cl)cc1. The molecule has 5 nitrogen and oxygen atoms in total. The Labute approximate surface area is 130 Å². The Morgan fingerprint density at radius 3 is 2.52 bits per heavy atom. The molecule has 0 heterocycles. The molecule has 6 heteroatoms. The lowest BCUT2D eigenvalue weighted by atomic mass is 10.1. The summed E-state index contributed by atoms with van der Waals surface area (Å²) in [5.41, 5.74) is 1.13. The molecule has 21 heavy (non-hydrogen) atoms. The van der Waals surface area contributed by atoms with Crippen LogP contribution in [0.1, 0.15) is 25.3 Å². The molecule has 0 saturated carbocycles. The third kappa shape index (κ3) is 8.19. The van der Waals surface area contributed by atoms with E-state index in [-0.39, 0.29) is 5.91 Å². The molecule has 2 amide bonds. The number of rotatable bonds is 8. The number of nitrogens with one attached hydrogen (secondary N) is 2. The van der Waals surface area contributed by atoms with Gasteiger partial charge in [0, 0.05) is 24.5 Å². The second-order valence-corrected chi connectivity index (χ2v) is 4.91. The highest BCUT2D eigenvalue weighted by Gasteiger charge is 2.03. The van der Waals surface area contributed by atoms with E-state index < -0.39 is 6.09 Å². The smallest absolute Gasteiger partial charge is 0.407 e. The average molecular weight is 313 g/mol. The highest BCUT2D eigenvalue weighted by molar-refractivity contribution is 6.30. The van der Waals surface area contributed by atoms with Gasteiger partial charge in [0.25, 0.3) is 0 Å². The summed E-state index contributed by atoms with van der Waals surface area (Å²) in [7, 11) is 0. The van der Waals surface area contributed by atoms with E-state index in [1.807, 2.05) is 24.3 Å². The Morgan fingerprint density at radius 2 is 1.86 bits per heavy atom. The molecule has 0 unspecified atom stereocenters. The Bertz CT molecular complexity index is 449. The number of carbonyl (C=O) groups excluding carboxylic acids is 2. The largest absolute Gasteiger partial charge is 0.450 e. The number of benzene rings is 1. The maximum Gasteiger partial charge on any atom is 0.407 e. The Morgan fingerprint density at radius 1 is 1.14 bits per heavy atom. The fraction of sp³-hybridized carbons (Fsp3) is 0.467. The second-order valence-electron chi connectivity index (χ2n) is 4.48. The van der Waals surface area contributed by atoms with E-state index in [0.717, 1.165) is 12.0 Å². The van der Waals surface area contributed by atoms with Gasteiger partial charge >= 0.3 is 6.09 Å². The van der Waals surface area contributed by atoms with Crippen LogP contribution in [0.25, 0.3) is 0 Å². The predicted molar refractivity (Wildman–Crippen MR) is 82.4 cm³/mol. The van der Waals surface area contributed by atoms with Gasteiger partial charge < -0.3 is 15.4 Å². The minimum absolute atomic E-state index is 0.0189. The van der Waals surface area contributed by atoms with Crippen LogP contribution in [0, 0.1) is 0 Å². The summed E-state index contributed by atoms with van der Waals surface area (Å²) in [5, 5.41) is 6.12. The monoisotopic (exact) mass is 312 g/mol. The normalized spacial score (nSPS) is 10.0. The van der Waals surface area contributed by atoms with Gasteiger partial charge in [-0.25, -0.2) is 4.79 Å². The fourth-order valence-corrected chi connectivity index (χ4v) is 1.83. The molecule has 0 saturated heterocycles. The first-order valence-corrected chi connectivity index (χ1v) is 7.41. The lowest BCUT2D eigenvalue weighted by molar-refractivity contribution is -0.121. The average Bonchev–Trinajstić information content (AvgIpc) is 2.46. The van der Waals surface area contributed by atoms with Crippen molar-refractivity contribution in [2.75, 3.05) is 19.7 Å². The number of halogens is 1. The van der Waals surface area contributed by atoms with E-state index in [4.69, 9.17) is 16.3 Å². The van der Waals surface area contributed by atoms with Crippen molar-refractivity contribution in [1.29, 1.82) is 0 Å². The van der Waals surface area contributed by atoms with Gasteiger partial charge in [-0.15, -0.1) is 0 Å². The van der Waals surface area contributed by atoms with Crippen LogP contribution in [0.15, 0.2) is 24.3 Å². The number of amides is 2. The van der Waals surface area contributed by atoms with Gasteiger partial charge in [0.2, 0.25) is 5.91 Å². The summed E-state index contributed by atoms with van der Waals surface area (Å²) in [6.45, 7) is 3.11. The molecule has 0 aliphatic heterocycles. The summed E-state index contributed by atoms with van der Waals surface area (Å²) < 4.78 is 4.71. The van der Waals surface area contributed by atoms with E-state index in [1.54, 1.807) is 6.92 Å². The molecule has 1 aromatic carbocycles. The number of alkyl carbamates (subject to hydrolysis) is 1. The van der Waals surface area contributed by atoms with Gasteiger partial charge in [-0.1, -0.05) is 23.7 Å². The summed E-state index contributed by atoms with van der Waals surface area (Å²) in [5.74, 6) is -0.0189. The second kappa shape index (κ2) is 10.0. The van der Waals surface area contributed by atoms with Crippen LogP contribution in [0.4, 0.5) is 4.79 Å². The summed E-state index contributed by atoms with van der Waals surface area (Å²) in [6.07, 6.45) is 1.29. The predicted octanol–water partition coefficient (Wildman–Crippen LogP) is 2.53. The van der Waals surface area contributed by atoms with Crippen molar-refractivity contribution < 1.29 is 14.3 Å².